The monoisotopic (exact) mass is 444 g/mol. The lowest BCUT2D eigenvalue weighted by molar-refractivity contribution is -0.148. The molecule has 2 bridgehead atoms. The van der Waals surface area contributed by atoms with Crippen LogP contribution < -0.4 is 0 Å². The summed E-state index contributed by atoms with van der Waals surface area (Å²) in [6.07, 6.45) is 11.8. The van der Waals surface area contributed by atoms with E-state index in [0.717, 1.165) is 30.4 Å². The molecule has 0 aromatic heterocycles. The van der Waals surface area contributed by atoms with Crippen molar-refractivity contribution in [2.24, 2.45) is 11.8 Å². The second-order valence-electron chi connectivity index (χ2n) is 9.72. The summed E-state index contributed by atoms with van der Waals surface area (Å²) >= 11 is 0. The molecule has 1 heterocycles. The lowest BCUT2D eigenvalue weighted by Gasteiger charge is -2.42. The third-order valence-corrected chi connectivity index (χ3v) is 8.85. The maximum absolute atomic E-state index is 13.8. The van der Waals surface area contributed by atoms with Gasteiger partial charge in [0.1, 0.15) is 0 Å². The molecule has 4 atom stereocenters. The van der Waals surface area contributed by atoms with Gasteiger partial charge in [0, 0.05) is 11.8 Å². The number of benzene rings is 1. The first-order valence-corrected chi connectivity index (χ1v) is 13.3. The highest BCUT2D eigenvalue weighted by Crippen LogP contribution is 2.52. The molecule has 1 aromatic rings. The lowest BCUT2D eigenvalue weighted by atomic mass is 9.71. The van der Waals surface area contributed by atoms with Crippen molar-refractivity contribution in [1.29, 1.82) is 0 Å². The smallest absolute Gasteiger partial charge is 0.203 e. The number of ether oxygens (including phenoxy) is 2. The molecule has 1 fully saturated rings. The van der Waals surface area contributed by atoms with Crippen molar-refractivity contribution in [3.63, 3.8) is 0 Å². The van der Waals surface area contributed by atoms with Crippen LogP contribution in [0, 0.1) is 18.8 Å². The highest BCUT2D eigenvalue weighted by atomic mass is 32.2. The van der Waals surface area contributed by atoms with Crippen LogP contribution in [0.25, 0.3) is 0 Å². The standard InChI is InChI=1S/C26H36O4S/c1-5-6-7-8-9-10-11-21-20-16-17-22(24-23(20)29-26(3,4)30-24)25(21)31(27,28)19-14-12-18(2)13-15-19/h12-17,20,22-24H,5-11H2,1-4H3/t20-,22-,23?,24?/m1/s1. The van der Waals surface area contributed by atoms with Gasteiger partial charge >= 0.3 is 0 Å². The summed E-state index contributed by atoms with van der Waals surface area (Å²) in [4.78, 5) is 0.948. The van der Waals surface area contributed by atoms with Gasteiger partial charge in [-0.2, -0.15) is 0 Å². The fourth-order valence-electron chi connectivity index (χ4n) is 5.34. The van der Waals surface area contributed by atoms with Crippen molar-refractivity contribution in [3.8, 4) is 0 Å². The molecule has 1 aromatic carbocycles. The molecule has 0 saturated carbocycles. The molecular weight excluding hydrogens is 408 g/mol. The molecule has 4 nitrogen and oxygen atoms in total. The van der Waals surface area contributed by atoms with E-state index in [9.17, 15) is 8.42 Å². The van der Waals surface area contributed by atoms with Crippen molar-refractivity contribution >= 4 is 9.84 Å². The molecule has 0 N–H and O–H groups in total. The van der Waals surface area contributed by atoms with Crippen LogP contribution in [-0.4, -0.2) is 26.4 Å². The zero-order valence-electron chi connectivity index (χ0n) is 19.3. The van der Waals surface area contributed by atoms with E-state index in [-0.39, 0.29) is 24.0 Å². The van der Waals surface area contributed by atoms with E-state index in [1.54, 1.807) is 12.1 Å². The van der Waals surface area contributed by atoms with Gasteiger partial charge in [-0.3, -0.25) is 0 Å². The van der Waals surface area contributed by atoms with Crippen molar-refractivity contribution in [2.75, 3.05) is 0 Å². The van der Waals surface area contributed by atoms with E-state index in [1.165, 1.54) is 25.7 Å². The van der Waals surface area contributed by atoms with Crippen LogP contribution in [0.15, 0.2) is 51.8 Å². The van der Waals surface area contributed by atoms with E-state index in [0.29, 0.717) is 9.80 Å². The summed E-state index contributed by atoms with van der Waals surface area (Å²) in [7, 11) is -3.59. The molecule has 5 rings (SSSR count). The lowest BCUT2D eigenvalue weighted by Crippen LogP contribution is -2.46. The topological polar surface area (TPSA) is 52.6 Å². The maximum atomic E-state index is 13.8. The number of sulfone groups is 1. The van der Waals surface area contributed by atoms with Crippen LogP contribution >= 0.6 is 0 Å². The Morgan fingerprint density at radius 2 is 1.45 bits per heavy atom. The van der Waals surface area contributed by atoms with Gasteiger partial charge in [0.25, 0.3) is 0 Å². The molecule has 5 heteroatoms. The Balaban J connectivity index is 1.67. The van der Waals surface area contributed by atoms with Crippen LogP contribution in [0.2, 0.25) is 0 Å². The van der Waals surface area contributed by atoms with Gasteiger partial charge in [-0.05, 0) is 51.3 Å². The van der Waals surface area contributed by atoms with E-state index < -0.39 is 15.6 Å². The predicted octanol–water partition coefficient (Wildman–Crippen LogP) is 6.11. The average Bonchev–Trinajstić information content (AvgIpc) is 3.07. The molecule has 2 unspecified atom stereocenters. The van der Waals surface area contributed by atoms with Gasteiger partial charge in [-0.15, -0.1) is 0 Å². The quantitative estimate of drug-likeness (QED) is 0.341. The molecule has 31 heavy (non-hydrogen) atoms. The van der Waals surface area contributed by atoms with E-state index in [2.05, 4.69) is 13.0 Å². The molecule has 0 radical (unpaired) electrons. The third-order valence-electron chi connectivity index (χ3n) is 6.84. The van der Waals surface area contributed by atoms with Crippen LogP contribution in [-0.2, 0) is 19.3 Å². The normalized spacial score (nSPS) is 28.9. The van der Waals surface area contributed by atoms with Crippen molar-refractivity contribution in [2.45, 2.75) is 95.5 Å². The minimum atomic E-state index is -3.59. The van der Waals surface area contributed by atoms with Gasteiger partial charge in [0.15, 0.2) is 5.79 Å². The van der Waals surface area contributed by atoms with Crippen LogP contribution in [0.3, 0.4) is 0 Å². The zero-order valence-corrected chi connectivity index (χ0v) is 20.1. The minimum absolute atomic E-state index is 0.0253. The summed E-state index contributed by atoms with van der Waals surface area (Å²) in [6, 6.07) is 7.22. The van der Waals surface area contributed by atoms with E-state index >= 15 is 0 Å². The van der Waals surface area contributed by atoms with Crippen molar-refractivity contribution in [3.05, 3.63) is 52.5 Å². The van der Waals surface area contributed by atoms with Gasteiger partial charge in [0.05, 0.1) is 22.0 Å². The SMILES string of the molecule is CCCCCCCCC1=C(S(=O)(=O)c2ccc(C)cc2)[C@@H]2C=C[C@H]1C1OC(C)(C)OC12. The Bertz CT molecular complexity index is 956. The summed E-state index contributed by atoms with van der Waals surface area (Å²) in [5.41, 5.74) is 2.10. The number of hydrogen-bond donors (Lipinski definition) is 0. The predicted molar refractivity (Wildman–Crippen MR) is 123 cm³/mol. The first-order chi connectivity index (χ1) is 14.7. The fraction of sp³-hybridized carbons (Fsp3) is 0.615. The summed E-state index contributed by atoms with van der Waals surface area (Å²) in [5.74, 6) is -0.993. The second kappa shape index (κ2) is 8.84. The molecule has 0 amide bonds. The summed E-state index contributed by atoms with van der Waals surface area (Å²) in [5, 5.41) is 0. The number of hydrogen-bond acceptors (Lipinski definition) is 4. The van der Waals surface area contributed by atoms with Gasteiger partial charge in [-0.1, -0.05) is 68.9 Å². The Kier molecular flexibility index (Phi) is 6.49. The van der Waals surface area contributed by atoms with Gasteiger partial charge in [0.2, 0.25) is 9.84 Å². The van der Waals surface area contributed by atoms with Crippen LogP contribution in [0.4, 0.5) is 0 Å². The zero-order chi connectivity index (χ0) is 22.2. The number of aryl methyl sites for hydroxylation is 1. The molecule has 4 aliphatic rings. The average molecular weight is 445 g/mol. The summed E-state index contributed by atoms with van der Waals surface area (Å²) in [6.45, 7) is 8.04. The fourth-order valence-corrected chi connectivity index (χ4v) is 7.24. The highest BCUT2D eigenvalue weighted by Gasteiger charge is 2.56. The number of rotatable bonds is 9. The second-order valence-corrected chi connectivity index (χ2v) is 11.6. The Hall–Kier alpha value is -1.43. The third kappa shape index (κ3) is 4.42. The van der Waals surface area contributed by atoms with Crippen LogP contribution in [0.5, 0.6) is 0 Å². The van der Waals surface area contributed by atoms with Crippen LogP contribution in [0.1, 0.15) is 71.3 Å². The van der Waals surface area contributed by atoms with Crippen molar-refractivity contribution in [1.82, 2.24) is 0 Å². The molecule has 1 saturated heterocycles. The molecule has 1 aliphatic heterocycles. The molecule has 3 aliphatic carbocycles. The molecule has 170 valence electrons. The molecular formula is C26H36O4S. The number of unbranched alkanes of at least 4 members (excludes halogenated alkanes) is 5. The first kappa shape index (κ1) is 22.8. The Morgan fingerprint density at radius 3 is 2.13 bits per heavy atom. The molecule has 0 spiro atoms. The Morgan fingerprint density at radius 1 is 0.871 bits per heavy atom. The van der Waals surface area contributed by atoms with E-state index in [1.807, 2.05) is 39.0 Å². The minimum Gasteiger partial charge on any atom is -0.344 e. The summed E-state index contributed by atoms with van der Waals surface area (Å²) < 4.78 is 40.1. The van der Waals surface area contributed by atoms with Gasteiger partial charge < -0.3 is 9.47 Å². The Labute approximate surface area is 187 Å². The van der Waals surface area contributed by atoms with E-state index in [4.69, 9.17) is 9.47 Å². The largest absolute Gasteiger partial charge is 0.344 e. The van der Waals surface area contributed by atoms with Gasteiger partial charge in [-0.25, -0.2) is 8.42 Å². The maximum Gasteiger partial charge on any atom is 0.203 e. The highest BCUT2D eigenvalue weighted by molar-refractivity contribution is 7.95. The first-order valence-electron chi connectivity index (χ1n) is 11.8. The van der Waals surface area contributed by atoms with Crippen molar-refractivity contribution < 1.29 is 17.9 Å².